The minimum absolute atomic E-state index is 0.0380. The summed E-state index contributed by atoms with van der Waals surface area (Å²) in [7, 11) is -3.28. The Kier molecular flexibility index (Phi) is 5.34. The molecular formula is C17H26N2O3S. The number of amides is 1. The summed E-state index contributed by atoms with van der Waals surface area (Å²) in [5.41, 5.74) is 1.05. The van der Waals surface area contributed by atoms with Gasteiger partial charge in [-0.25, -0.2) is 8.42 Å². The van der Waals surface area contributed by atoms with Crippen LogP contribution in [-0.4, -0.2) is 26.6 Å². The molecule has 1 saturated carbocycles. The molecule has 128 valence electrons. The Hall–Kier alpha value is -1.56. The third-order valence-corrected chi connectivity index (χ3v) is 5.71. The summed E-state index contributed by atoms with van der Waals surface area (Å²) in [5.74, 6) is 0.539. The van der Waals surface area contributed by atoms with Gasteiger partial charge < -0.3 is 5.32 Å². The fourth-order valence-electron chi connectivity index (χ4n) is 2.75. The van der Waals surface area contributed by atoms with Gasteiger partial charge in [-0.3, -0.25) is 9.52 Å². The summed E-state index contributed by atoms with van der Waals surface area (Å²) in [6.07, 6.45) is 2.73. The third kappa shape index (κ3) is 4.05. The van der Waals surface area contributed by atoms with E-state index in [-0.39, 0.29) is 11.7 Å². The van der Waals surface area contributed by atoms with Crippen molar-refractivity contribution >= 4 is 21.6 Å². The van der Waals surface area contributed by atoms with E-state index in [1.165, 1.54) is 0 Å². The SMILES string of the molecule is CCS(=O)(=O)Nc1ccc(C2(C(=O)NCC(C)C)CCC2)cc1. The van der Waals surface area contributed by atoms with Crippen LogP contribution in [0.3, 0.4) is 0 Å². The number of hydrogen-bond donors (Lipinski definition) is 2. The van der Waals surface area contributed by atoms with E-state index in [1.807, 2.05) is 12.1 Å². The van der Waals surface area contributed by atoms with Crippen molar-refractivity contribution in [3.63, 3.8) is 0 Å². The molecule has 23 heavy (non-hydrogen) atoms. The fraction of sp³-hybridized carbons (Fsp3) is 0.588. The van der Waals surface area contributed by atoms with Gasteiger partial charge >= 0.3 is 0 Å². The molecule has 6 heteroatoms. The van der Waals surface area contributed by atoms with Crippen LogP contribution in [0.5, 0.6) is 0 Å². The Balaban J connectivity index is 2.14. The number of rotatable bonds is 7. The van der Waals surface area contributed by atoms with E-state index in [9.17, 15) is 13.2 Å². The monoisotopic (exact) mass is 338 g/mol. The number of nitrogens with one attached hydrogen (secondary N) is 2. The summed E-state index contributed by atoms with van der Waals surface area (Å²) >= 11 is 0. The van der Waals surface area contributed by atoms with Crippen LogP contribution in [0.15, 0.2) is 24.3 Å². The number of carbonyl (C=O) groups is 1. The van der Waals surface area contributed by atoms with E-state index in [0.717, 1.165) is 24.8 Å². The van der Waals surface area contributed by atoms with Gasteiger partial charge in [0.25, 0.3) is 0 Å². The topological polar surface area (TPSA) is 75.3 Å². The number of hydrogen-bond acceptors (Lipinski definition) is 3. The van der Waals surface area contributed by atoms with Crippen LogP contribution >= 0.6 is 0 Å². The van der Waals surface area contributed by atoms with Gasteiger partial charge in [-0.1, -0.05) is 32.4 Å². The highest BCUT2D eigenvalue weighted by atomic mass is 32.2. The smallest absolute Gasteiger partial charge is 0.232 e. The van der Waals surface area contributed by atoms with Crippen LogP contribution in [0, 0.1) is 5.92 Å². The summed E-state index contributed by atoms with van der Waals surface area (Å²) < 4.78 is 25.7. The largest absolute Gasteiger partial charge is 0.355 e. The maximum atomic E-state index is 12.6. The molecule has 5 nitrogen and oxygen atoms in total. The molecule has 2 N–H and O–H groups in total. The molecular weight excluding hydrogens is 312 g/mol. The summed E-state index contributed by atoms with van der Waals surface area (Å²) in [5, 5.41) is 3.03. The molecule has 2 rings (SSSR count). The van der Waals surface area contributed by atoms with Crippen LogP contribution in [0.2, 0.25) is 0 Å². The minimum Gasteiger partial charge on any atom is -0.355 e. The van der Waals surface area contributed by atoms with Gasteiger partial charge in [-0.2, -0.15) is 0 Å². The van der Waals surface area contributed by atoms with Gasteiger partial charge in [0.05, 0.1) is 11.2 Å². The molecule has 1 aromatic carbocycles. The van der Waals surface area contributed by atoms with Crippen molar-refractivity contribution in [2.45, 2.75) is 45.4 Å². The van der Waals surface area contributed by atoms with Crippen molar-refractivity contribution < 1.29 is 13.2 Å². The van der Waals surface area contributed by atoms with Crippen LogP contribution < -0.4 is 10.0 Å². The zero-order valence-electron chi connectivity index (χ0n) is 14.1. The Morgan fingerprint density at radius 3 is 2.26 bits per heavy atom. The number of anilines is 1. The molecule has 0 aliphatic heterocycles. The molecule has 1 fully saturated rings. The van der Waals surface area contributed by atoms with Crippen LogP contribution in [0.25, 0.3) is 0 Å². The maximum Gasteiger partial charge on any atom is 0.232 e. The highest BCUT2D eigenvalue weighted by molar-refractivity contribution is 7.92. The normalized spacial score (nSPS) is 16.7. The molecule has 0 atom stereocenters. The summed E-state index contributed by atoms with van der Waals surface area (Å²) in [6.45, 7) is 6.42. The first-order chi connectivity index (χ1) is 10.8. The van der Waals surface area contributed by atoms with Crippen molar-refractivity contribution in [3.8, 4) is 0 Å². The second kappa shape index (κ2) is 6.91. The van der Waals surface area contributed by atoms with E-state index in [4.69, 9.17) is 0 Å². The zero-order valence-corrected chi connectivity index (χ0v) is 14.9. The number of carbonyl (C=O) groups excluding carboxylic acids is 1. The molecule has 0 aromatic heterocycles. The van der Waals surface area contributed by atoms with Crippen molar-refractivity contribution in [1.29, 1.82) is 0 Å². The van der Waals surface area contributed by atoms with E-state index >= 15 is 0 Å². The Morgan fingerprint density at radius 2 is 1.83 bits per heavy atom. The van der Waals surface area contributed by atoms with Gasteiger partial charge in [-0.05, 0) is 43.4 Å². The van der Waals surface area contributed by atoms with Crippen molar-refractivity contribution in [2.75, 3.05) is 17.0 Å². The zero-order chi connectivity index (χ0) is 17.1. The van der Waals surface area contributed by atoms with Crippen molar-refractivity contribution in [2.24, 2.45) is 5.92 Å². The summed E-state index contributed by atoms with van der Waals surface area (Å²) in [6, 6.07) is 7.19. The molecule has 0 heterocycles. The van der Waals surface area contributed by atoms with Gasteiger partial charge in [-0.15, -0.1) is 0 Å². The Labute approximate surface area is 138 Å². The predicted molar refractivity (Wildman–Crippen MR) is 92.9 cm³/mol. The quantitative estimate of drug-likeness (QED) is 0.802. The first-order valence-corrected chi connectivity index (χ1v) is 9.83. The Morgan fingerprint density at radius 1 is 1.22 bits per heavy atom. The third-order valence-electron chi connectivity index (χ3n) is 4.40. The maximum absolute atomic E-state index is 12.6. The van der Waals surface area contributed by atoms with Crippen LogP contribution in [-0.2, 0) is 20.2 Å². The lowest BCUT2D eigenvalue weighted by Gasteiger charge is -2.41. The van der Waals surface area contributed by atoms with Gasteiger partial charge in [0.15, 0.2) is 0 Å². The van der Waals surface area contributed by atoms with Gasteiger partial charge in [0, 0.05) is 12.2 Å². The van der Waals surface area contributed by atoms with E-state index in [1.54, 1.807) is 19.1 Å². The molecule has 0 spiro atoms. The molecule has 0 bridgehead atoms. The minimum atomic E-state index is -3.28. The highest BCUT2D eigenvalue weighted by Crippen LogP contribution is 2.44. The Bertz CT molecular complexity index is 647. The lowest BCUT2D eigenvalue weighted by atomic mass is 9.63. The number of benzene rings is 1. The average Bonchev–Trinajstić information content (AvgIpc) is 2.45. The highest BCUT2D eigenvalue weighted by Gasteiger charge is 2.45. The van der Waals surface area contributed by atoms with Crippen molar-refractivity contribution in [1.82, 2.24) is 5.32 Å². The molecule has 1 aliphatic carbocycles. The van der Waals surface area contributed by atoms with Gasteiger partial charge in [0.2, 0.25) is 15.9 Å². The van der Waals surface area contributed by atoms with E-state index in [0.29, 0.717) is 18.2 Å². The summed E-state index contributed by atoms with van der Waals surface area (Å²) in [4.78, 5) is 12.6. The second-order valence-corrected chi connectivity index (χ2v) is 8.63. The fourth-order valence-corrected chi connectivity index (χ4v) is 3.39. The predicted octanol–water partition coefficient (Wildman–Crippen LogP) is 2.64. The van der Waals surface area contributed by atoms with Gasteiger partial charge in [0.1, 0.15) is 0 Å². The second-order valence-electron chi connectivity index (χ2n) is 6.62. The van der Waals surface area contributed by atoms with Crippen molar-refractivity contribution in [3.05, 3.63) is 29.8 Å². The standard InChI is InChI=1S/C17H26N2O3S/c1-4-23(21,22)19-15-8-6-14(7-9-15)17(10-5-11-17)16(20)18-12-13(2)3/h6-9,13,19H,4-5,10-12H2,1-3H3,(H,18,20). The molecule has 1 aromatic rings. The average molecular weight is 338 g/mol. The molecule has 0 unspecified atom stereocenters. The lowest BCUT2D eigenvalue weighted by Crippen LogP contribution is -2.49. The molecule has 1 amide bonds. The molecule has 0 radical (unpaired) electrons. The molecule has 0 saturated heterocycles. The van der Waals surface area contributed by atoms with E-state index < -0.39 is 15.4 Å². The first kappa shape index (κ1) is 17.8. The first-order valence-electron chi connectivity index (χ1n) is 8.18. The lowest BCUT2D eigenvalue weighted by molar-refractivity contribution is -0.130. The van der Waals surface area contributed by atoms with E-state index in [2.05, 4.69) is 23.9 Å². The van der Waals surface area contributed by atoms with Crippen LogP contribution in [0.1, 0.15) is 45.6 Å². The molecule has 1 aliphatic rings. The number of sulfonamides is 1. The van der Waals surface area contributed by atoms with Crippen LogP contribution in [0.4, 0.5) is 5.69 Å².